The van der Waals surface area contributed by atoms with Gasteiger partial charge in [0.15, 0.2) is 0 Å². The van der Waals surface area contributed by atoms with Crippen LogP contribution in [-0.4, -0.2) is 36.9 Å². The van der Waals surface area contributed by atoms with Crippen molar-refractivity contribution in [2.45, 2.75) is 12.8 Å². The second kappa shape index (κ2) is 9.40. The molecule has 0 aliphatic rings. The van der Waals surface area contributed by atoms with Gasteiger partial charge in [0.25, 0.3) is 0 Å². The molecule has 0 atom stereocenters. The van der Waals surface area contributed by atoms with Crippen molar-refractivity contribution >= 4 is 33.7 Å². The summed E-state index contributed by atoms with van der Waals surface area (Å²) in [5.74, 6) is 0. The van der Waals surface area contributed by atoms with E-state index in [1.54, 1.807) is 0 Å². The number of hydrogen-bond donors (Lipinski definition) is 0. The summed E-state index contributed by atoms with van der Waals surface area (Å²) in [6.45, 7) is 1.04. The van der Waals surface area contributed by atoms with Gasteiger partial charge < -0.3 is 9.47 Å². The molecule has 0 amide bonds. The standard InChI is InChI=1S/C8H12Cl2O4/c9-7(11)2-1-3-13-4-5-14-6-8(10)12/h1-6H2. The number of halogens is 2. The second-order valence-electron chi connectivity index (χ2n) is 2.48. The summed E-state index contributed by atoms with van der Waals surface area (Å²) in [5, 5.41) is -0.893. The molecule has 0 aliphatic heterocycles. The third kappa shape index (κ3) is 11.8. The van der Waals surface area contributed by atoms with Gasteiger partial charge in [-0.25, -0.2) is 0 Å². The van der Waals surface area contributed by atoms with Crippen LogP contribution in [0, 0.1) is 0 Å². The molecule has 0 bridgehead atoms. The molecule has 0 saturated carbocycles. The van der Waals surface area contributed by atoms with Gasteiger partial charge in [0, 0.05) is 13.0 Å². The van der Waals surface area contributed by atoms with E-state index in [9.17, 15) is 9.59 Å². The lowest BCUT2D eigenvalue weighted by molar-refractivity contribution is -0.116. The number of hydrogen-bond acceptors (Lipinski definition) is 4. The van der Waals surface area contributed by atoms with Gasteiger partial charge >= 0.3 is 0 Å². The maximum atomic E-state index is 10.3. The summed E-state index contributed by atoms with van der Waals surface area (Å²) in [6, 6.07) is 0. The smallest absolute Gasteiger partial charge is 0.247 e. The lowest BCUT2D eigenvalue weighted by Crippen LogP contribution is -2.09. The number of rotatable bonds is 9. The molecule has 0 aliphatic carbocycles. The van der Waals surface area contributed by atoms with E-state index in [4.69, 9.17) is 32.7 Å². The minimum absolute atomic E-state index is 0.106. The van der Waals surface area contributed by atoms with Gasteiger partial charge in [-0.1, -0.05) is 0 Å². The summed E-state index contributed by atoms with van der Waals surface area (Å²) in [4.78, 5) is 20.5. The third-order valence-electron chi connectivity index (χ3n) is 1.25. The molecule has 4 nitrogen and oxygen atoms in total. The molecule has 0 heterocycles. The highest BCUT2D eigenvalue weighted by Gasteiger charge is 1.97. The molecule has 0 rings (SSSR count). The van der Waals surface area contributed by atoms with E-state index in [1.165, 1.54) is 0 Å². The van der Waals surface area contributed by atoms with Gasteiger partial charge in [0.05, 0.1) is 13.2 Å². The monoisotopic (exact) mass is 242 g/mol. The predicted molar refractivity (Wildman–Crippen MR) is 52.6 cm³/mol. The maximum absolute atomic E-state index is 10.3. The first-order valence-electron chi connectivity index (χ1n) is 4.15. The normalized spacial score (nSPS) is 10.1. The zero-order valence-electron chi connectivity index (χ0n) is 7.63. The Labute approximate surface area is 92.5 Å². The highest BCUT2D eigenvalue weighted by molar-refractivity contribution is 6.64. The largest absolute Gasteiger partial charge is 0.379 e. The van der Waals surface area contributed by atoms with Gasteiger partial charge in [-0.3, -0.25) is 9.59 Å². The van der Waals surface area contributed by atoms with Crippen LogP contribution >= 0.6 is 23.2 Å². The highest BCUT2D eigenvalue weighted by atomic mass is 35.5. The van der Waals surface area contributed by atoms with Gasteiger partial charge in [-0.15, -0.1) is 0 Å². The second-order valence-corrected chi connectivity index (χ2v) is 3.32. The zero-order valence-corrected chi connectivity index (χ0v) is 9.14. The van der Waals surface area contributed by atoms with E-state index in [0.29, 0.717) is 32.7 Å². The topological polar surface area (TPSA) is 52.6 Å². The van der Waals surface area contributed by atoms with Crippen LogP contribution in [0.4, 0.5) is 0 Å². The summed E-state index contributed by atoms with van der Waals surface area (Å²) in [6.07, 6.45) is 0.902. The van der Waals surface area contributed by atoms with Crippen LogP contribution in [0.5, 0.6) is 0 Å². The van der Waals surface area contributed by atoms with Crippen molar-refractivity contribution in [3.8, 4) is 0 Å². The molecule has 0 aromatic rings. The Morgan fingerprint density at radius 1 is 0.929 bits per heavy atom. The molecule has 14 heavy (non-hydrogen) atoms. The fraction of sp³-hybridized carbons (Fsp3) is 0.750. The zero-order chi connectivity index (χ0) is 10.8. The Morgan fingerprint density at radius 2 is 1.57 bits per heavy atom. The van der Waals surface area contributed by atoms with Crippen LogP contribution in [0.15, 0.2) is 0 Å². The molecule has 0 saturated heterocycles. The summed E-state index contributed by atoms with van der Waals surface area (Å²) in [7, 11) is 0. The molecule has 0 aromatic heterocycles. The minimum atomic E-state index is -0.530. The van der Waals surface area contributed by atoms with Crippen molar-refractivity contribution < 1.29 is 19.1 Å². The number of carbonyl (C=O) groups excluding carboxylic acids is 2. The van der Waals surface area contributed by atoms with Crippen LogP contribution in [0.3, 0.4) is 0 Å². The molecule has 0 unspecified atom stereocenters. The van der Waals surface area contributed by atoms with E-state index in [1.807, 2.05) is 0 Å². The van der Waals surface area contributed by atoms with Crippen LogP contribution in [0.2, 0.25) is 0 Å². The first-order valence-corrected chi connectivity index (χ1v) is 4.90. The van der Waals surface area contributed by atoms with Gasteiger partial charge in [0.2, 0.25) is 10.5 Å². The van der Waals surface area contributed by atoms with Crippen LogP contribution < -0.4 is 0 Å². The maximum Gasteiger partial charge on any atom is 0.247 e. The van der Waals surface area contributed by atoms with E-state index >= 15 is 0 Å². The molecule has 0 aromatic carbocycles. The van der Waals surface area contributed by atoms with E-state index in [0.717, 1.165) is 0 Å². The Kier molecular flexibility index (Phi) is 9.29. The lowest BCUT2D eigenvalue weighted by atomic mass is 10.3. The molecule has 0 radical (unpaired) electrons. The quantitative estimate of drug-likeness (QED) is 0.452. The summed E-state index contributed by atoms with van der Waals surface area (Å²) < 4.78 is 9.90. The van der Waals surface area contributed by atoms with E-state index in [-0.39, 0.29) is 11.8 Å². The molecule has 0 spiro atoms. The molecule has 6 heteroatoms. The average molecular weight is 243 g/mol. The molecule has 0 N–H and O–H groups in total. The first kappa shape index (κ1) is 13.8. The Hall–Kier alpha value is -0.160. The highest BCUT2D eigenvalue weighted by Crippen LogP contribution is 1.94. The van der Waals surface area contributed by atoms with Gasteiger partial charge in [0.1, 0.15) is 6.61 Å². The van der Waals surface area contributed by atoms with Crippen LogP contribution in [0.1, 0.15) is 12.8 Å². The van der Waals surface area contributed by atoms with Crippen molar-refractivity contribution in [3.05, 3.63) is 0 Å². The Bertz CT molecular complexity index is 164. The lowest BCUT2D eigenvalue weighted by Gasteiger charge is -2.02. The third-order valence-corrected chi connectivity index (χ3v) is 1.55. The van der Waals surface area contributed by atoms with Crippen molar-refractivity contribution in [3.63, 3.8) is 0 Å². The van der Waals surface area contributed by atoms with Crippen LogP contribution in [-0.2, 0) is 19.1 Å². The average Bonchev–Trinajstić information content (AvgIpc) is 2.08. The van der Waals surface area contributed by atoms with Crippen LogP contribution in [0.25, 0.3) is 0 Å². The SMILES string of the molecule is O=C(Cl)CCCOCCOCC(=O)Cl. The van der Waals surface area contributed by atoms with Crippen molar-refractivity contribution in [1.29, 1.82) is 0 Å². The number of carbonyl (C=O) groups is 2. The van der Waals surface area contributed by atoms with E-state index < -0.39 is 5.24 Å². The Balaban J connectivity index is 2.99. The predicted octanol–water partition coefficient (Wildman–Crippen LogP) is 1.33. The fourth-order valence-corrected chi connectivity index (χ4v) is 0.896. The first-order chi connectivity index (χ1) is 6.63. The molecular weight excluding hydrogens is 231 g/mol. The minimum Gasteiger partial charge on any atom is -0.379 e. The fourth-order valence-electron chi connectivity index (χ4n) is 0.686. The van der Waals surface area contributed by atoms with Crippen molar-refractivity contribution in [2.24, 2.45) is 0 Å². The van der Waals surface area contributed by atoms with Gasteiger partial charge in [-0.2, -0.15) is 0 Å². The van der Waals surface area contributed by atoms with Crippen molar-refractivity contribution in [2.75, 3.05) is 26.4 Å². The number of ether oxygens (including phenoxy) is 2. The molecule has 82 valence electrons. The Morgan fingerprint density at radius 3 is 2.14 bits per heavy atom. The molecular formula is C8H12Cl2O4. The van der Waals surface area contributed by atoms with Gasteiger partial charge in [-0.05, 0) is 29.6 Å². The summed E-state index contributed by atoms with van der Waals surface area (Å²) >= 11 is 10.1. The summed E-state index contributed by atoms with van der Waals surface area (Å²) in [5.41, 5.74) is 0. The molecule has 0 fully saturated rings. The van der Waals surface area contributed by atoms with E-state index in [2.05, 4.69) is 0 Å². The van der Waals surface area contributed by atoms with Crippen molar-refractivity contribution in [1.82, 2.24) is 0 Å².